The summed E-state index contributed by atoms with van der Waals surface area (Å²) >= 11 is 0. The lowest BCUT2D eigenvalue weighted by atomic mass is 10.1. The molecule has 28 heavy (non-hydrogen) atoms. The number of carbonyl (C=O) groups excluding carboxylic acids is 3. The number of aryl methyl sites for hydroxylation is 1. The average molecular weight is 379 g/mol. The van der Waals surface area contributed by atoms with Crippen LogP contribution in [0.2, 0.25) is 0 Å². The summed E-state index contributed by atoms with van der Waals surface area (Å²) in [6.45, 7) is 2.04. The highest BCUT2D eigenvalue weighted by molar-refractivity contribution is 6.00. The fraction of sp³-hybridized carbons (Fsp3) is 0.318. The highest BCUT2D eigenvalue weighted by Crippen LogP contribution is 2.39. The van der Waals surface area contributed by atoms with E-state index < -0.39 is 0 Å². The fourth-order valence-corrected chi connectivity index (χ4v) is 3.17. The van der Waals surface area contributed by atoms with E-state index >= 15 is 0 Å². The number of anilines is 2. The molecule has 0 aromatic heterocycles. The summed E-state index contributed by atoms with van der Waals surface area (Å²) in [7, 11) is 0. The molecule has 3 rings (SSSR count). The summed E-state index contributed by atoms with van der Waals surface area (Å²) in [4.78, 5) is 35.7. The van der Waals surface area contributed by atoms with Crippen LogP contribution in [0, 0.1) is 11.8 Å². The van der Waals surface area contributed by atoms with Gasteiger partial charge in [-0.25, -0.2) is 0 Å². The zero-order chi connectivity index (χ0) is 19.9. The van der Waals surface area contributed by atoms with E-state index in [1.807, 2.05) is 18.2 Å². The third-order valence-electron chi connectivity index (χ3n) is 4.70. The molecule has 1 aliphatic rings. The number of rotatable bonds is 8. The molecule has 0 heterocycles. The third kappa shape index (κ3) is 5.67. The van der Waals surface area contributed by atoms with E-state index in [9.17, 15) is 14.4 Å². The second-order valence-electron chi connectivity index (χ2n) is 7.08. The molecule has 0 saturated heterocycles. The van der Waals surface area contributed by atoms with Crippen molar-refractivity contribution >= 4 is 29.1 Å². The summed E-state index contributed by atoms with van der Waals surface area (Å²) in [5, 5.41) is 8.43. The van der Waals surface area contributed by atoms with E-state index in [2.05, 4.69) is 28.1 Å². The van der Waals surface area contributed by atoms with Gasteiger partial charge in [-0.15, -0.1) is 0 Å². The topological polar surface area (TPSA) is 87.3 Å². The lowest BCUT2D eigenvalue weighted by molar-refractivity contribution is -0.125. The van der Waals surface area contributed by atoms with Crippen LogP contribution < -0.4 is 16.0 Å². The lowest BCUT2D eigenvalue weighted by Crippen LogP contribution is -2.28. The van der Waals surface area contributed by atoms with Crippen LogP contribution in [0.1, 0.15) is 25.3 Å². The van der Waals surface area contributed by atoms with Crippen LogP contribution in [-0.2, 0) is 20.8 Å². The van der Waals surface area contributed by atoms with Gasteiger partial charge in [-0.3, -0.25) is 14.4 Å². The van der Waals surface area contributed by atoms with E-state index in [1.54, 1.807) is 24.3 Å². The molecule has 6 nitrogen and oxygen atoms in total. The van der Waals surface area contributed by atoms with Crippen molar-refractivity contribution in [1.29, 1.82) is 0 Å². The summed E-state index contributed by atoms with van der Waals surface area (Å²) in [6, 6.07) is 17.1. The monoisotopic (exact) mass is 379 g/mol. The van der Waals surface area contributed by atoms with Gasteiger partial charge < -0.3 is 16.0 Å². The van der Waals surface area contributed by atoms with Gasteiger partial charge in [0.05, 0.1) is 11.8 Å². The average Bonchev–Trinajstić information content (AvgIpc) is 3.47. The van der Waals surface area contributed by atoms with Gasteiger partial charge >= 0.3 is 0 Å². The Morgan fingerprint density at radius 3 is 2.29 bits per heavy atom. The van der Waals surface area contributed by atoms with Crippen LogP contribution in [0.3, 0.4) is 0 Å². The van der Waals surface area contributed by atoms with Gasteiger partial charge in [0, 0.05) is 24.8 Å². The predicted molar refractivity (Wildman–Crippen MR) is 109 cm³/mol. The van der Waals surface area contributed by atoms with E-state index in [0.717, 1.165) is 12.8 Å². The molecule has 0 bridgehead atoms. The normalized spacial score (nSPS) is 17.5. The third-order valence-corrected chi connectivity index (χ3v) is 4.70. The predicted octanol–water partition coefficient (Wildman–Crippen LogP) is 2.97. The SMILES string of the molecule is CC(=O)Nc1cccc(NC(=O)C2CC2C(=O)NCCCc2ccccc2)c1. The maximum atomic E-state index is 12.4. The minimum Gasteiger partial charge on any atom is -0.356 e. The minimum absolute atomic E-state index is 0.0554. The molecular weight excluding hydrogens is 354 g/mol. The van der Waals surface area contributed by atoms with E-state index in [1.165, 1.54) is 12.5 Å². The van der Waals surface area contributed by atoms with Gasteiger partial charge in [0.1, 0.15) is 0 Å². The molecule has 2 aromatic rings. The maximum Gasteiger partial charge on any atom is 0.228 e. The second-order valence-corrected chi connectivity index (χ2v) is 7.08. The Hall–Kier alpha value is -3.15. The van der Waals surface area contributed by atoms with Crippen LogP contribution in [0.4, 0.5) is 11.4 Å². The fourth-order valence-electron chi connectivity index (χ4n) is 3.17. The van der Waals surface area contributed by atoms with Crippen molar-refractivity contribution in [1.82, 2.24) is 5.32 Å². The molecule has 3 amide bonds. The van der Waals surface area contributed by atoms with Crippen molar-refractivity contribution in [2.24, 2.45) is 11.8 Å². The highest BCUT2D eigenvalue weighted by Gasteiger charge is 2.47. The van der Waals surface area contributed by atoms with Crippen LogP contribution in [-0.4, -0.2) is 24.3 Å². The van der Waals surface area contributed by atoms with Crippen molar-refractivity contribution < 1.29 is 14.4 Å². The maximum absolute atomic E-state index is 12.4. The largest absolute Gasteiger partial charge is 0.356 e. The number of nitrogens with one attached hydrogen (secondary N) is 3. The minimum atomic E-state index is -0.293. The van der Waals surface area contributed by atoms with Crippen LogP contribution in [0.25, 0.3) is 0 Å². The van der Waals surface area contributed by atoms with Crippen molar-refractivity contribution in [2.75, 3.05) is 17.2 Å². The van der Waals surface area contributed by atoms with Crippen LogP contribution in [0.5, 0.6) is 0 Å². The molecule has 146 valence electrons. The van der Waals surface area contributed by atoms with E-state index in [4.69, 9.17) is 0 Å². The van der Waals surface area contributed by atoms with Crippen molar-refractivity contribution in [3.63, 3.8) is 0 Å². The van der Waals surface area contributed by atoms with Crippen molar-refractivity contribution in [3.8, 4) is 0 Å². The molecular formula is C22H25N3O3. The van der Waals surface area contributed by atoms with Crippen molar-refractivity contribution in [3.05, 3.63) is 60.2 Å². The molecule has 0 aliphatic heterocycles. The highest BCUT2D eigenvalue weighted by atomic mass is 16.2. The van der Waals surface area contributed by atoms with E-state index in [-0.39, 0.29) is 29.6 Å². The molecule has 1 fully saturated rings. The van der Waals surface area contributed by atoms with Gasteiger partial charge in [0.25, 0.3) is 0 Å². The number of carbonyl (C=O) groups is 3. The molecule has 6 heteroatoms. The zero-order valence-corrected chi connectivity index (χ0v) is 15.9. The van der Waals surface area contributed by atoms with Gasteiger partial charge in [0.15, 0.2) is 0 Å². The van der Waals surface area contributed by atoms with Gasteiger partial charge in [-0.1, -0.05) is 36.4 Å². The number of amides is 3. The first-order valence-corrected chi connectivity index (χ1v) is 9.53. The quantitative estimate of drug-likeness (QED) is 0.616. The Balaban J connectivity index is 1.40. The Kier molecular flexibility index (Phi) is 6.42. The first-order chi connectivity index (χ1) is 13.5. The van der Waals surface area contributed by atoms with Crippen molar-refractivity contribution in [2.45, 2.75) is 26.2 Å². The van der Waals surface area contributed by atoms with Gasteiger partial charge in [-0.2, -0.15) is 0 Å². The summed E-state index contributed by atoms with van der Waals surface area (Å²) in [5.41, 5.74) is 2.47. The molecule has 2 atom stereocenters. The Morgan fingerprint density at radius 1 is 0.893 bits per heavy atom. The number of benzene rings is 2. The summed E-state index contributed by atoms with van der Waals surface area (Å²) < 4.78 is 0. The Labute approximate surface area is 164 Å². The molecule has 0 spiro atoms. The van der Waals surface area contributed by atoms with Crippen LogP contribution >= 0.6 is 0 Å². The van der Waals surface area contributed by atoms with Gasteiger partial charge in [0.2, 0.25) is 17.7 Å². The Bertz CT molecular complexity index is 851. The van der Waals surface area contributed by atoms with E-state index in [0.29, 0.717) is 24.3 Å². The number of hydrogen-bond acceptors (Lipinski definition) is 3. The summed E-state index contributed by atoms with van der Waals surface area (Å²) in [5.74, 6) is -0.937. The van der Waals surface area contributed by atoms with Crippen LogP contribution in [0.15, 0.2) is 54.6 Å². The first kappa shape index (κ1) is 19.6. The molecule has 1 aliphatic carbocycles. The lowest BCUT2D eigenvalue weighted by Gasteiger charge is -2.08. The standard InChI is InChI=1S/C22H25N3O3/c1-15(26)24-17-10-5-11-18(13-17)25-22(28)20-14-19(20)21(27)23-12-6-9-16-7-3-2-4-8-16/h2-5,7-8,10-11,13,19-20H,6,9,12,14H2,1H3,(H,23,27)(H,24,26)(H,25,28). The van der Waals surface area contributed by atoms with Gasteiger partial charge in [-0.05, 0) is 43.0 Å². The molecule has 2 unspecified atom stereocenters. The second kappa shape index (κ2) is 9.17. The molecule has 3 N–H and O–H groups in total. The number of hydrogen-bond donors (Lipinski definition) is 3. The Morgan fingerprint density at radius 2 is 1.57 bits per heavy atom. The first-order valence-electron chi connectivity index (χ1n) is 9.53. The summed E-state index contributed by atoms with van der Waals surface area (Å²) in [6.07, 6.45) is 2.36. The zero-order valence-electron chi connectivity index (χ0n) is 15.9. The smallest absolute Gasteiger partial charge is 0.228 e. The molecule has 1 saturated carbocycles. The molecule has 2 aromatic carbocycles. The molecule has 0 radical (unpaired) electrons.